The van der Waals surface area contributed by atoms with Crippen molar-refractivity contribution < 1.29 is 9.18 Å². The average molecular weight is 424 g/mol. The van der Waals surface area contributed by atoms with E-state index in [1.807, 2.05) is 24.4 Å². The van der Waals surface area contributed by atoms with Gasteiger partial charge in [0.25, 0.3) is 0 Å². The first-order chi connectivity index (χ1) is 14.5. The fraction of sp³-hybridized carbons (Fsp3) is 0.333. The number of fused-ring (bicyclic) bond motifs is 1. The van der Waals surface area contributed by atoms with Gasteiger partial charge in [0.2, 0.25) is 5.91 Å². The van der Waals surface area contributed by atoms with Gasteiger partial charge < -0.3 is 5.32 Å². The monoisotopic (exact) mass is 423 g/mol. The molecule has 30 heavy (non-hydrogen) atoms. The smallest absolute Gasteiger partial charge is 0.244 e. The second-order valence-electron chi connectivity index (χ2n) is 8.32. The van der Waals surface area contributed by atoms with Crippen LogP contribution in [0.2, 0.25) is 5.02 Å². The Morgan fingerprint density at radius 2 is 1.83 bits per heavy atom. The summed E-state index contributed by atoms with van der Waals surface area (Å²) in [7, 11) is 0. The number of anilines is 1. The highest BCUT2D eigenvalue weighted by atomic mass is 35.5. The summed E-state index contributed by atoms with van der Waals surface area (Å²) < 4.78 is 13.8. The molecule has 2 fully saturated rings. The summed E-state index contributed by atoms with van der Waals surface area (Å²) in [5, 5.41) is 4.61. The van der Waals surface area contributed by atoms with Crippen molar-refractivity contribution in [2.45, 2.75) is 37.1 Å². The van der Waals surface area contributed by atoms with Gasteiger partial charge in [-0.05, 0) is 98.8 Å². The second-order valence-corrected chi connectivity index (χ2v) is 8.75. The number of aromatic nitrogens is 1. The first kappa shape index (κ1) is 19.5. The number of hydrogen-bond donors (Lipinski definition) is 1. The lowest BCUT2D eigenvalue weighted by Crippen LogP contribution is -2.49. The van der Waals surface area contributed by atoms with E-state index >= 15 is 0 Å². The molecular weight excluding hydrogens is 401 g/mol. The zero-order valence-electron chi connectivity index (χ0n) is 16.6. The third-order valence-corrected chi connectivity index (χ3v) is 6.78. The highest BCUT2D eigenvalue weighted by Crippen LogP contribution is 2.46. The topological polar surface area (TPSA) is 45.2 Å². The molecule has 1 aliphatic carbocycles. The number of benzene rings is 2. The highest BCUT2D eigenvalue weighted by Gasteiger charge is 2.54. The van der Waals surface area contributed by atoms with Gasteiger partial charge in [-0.25, -0.2) is 4.39 Å². The number of hydrogen-bond acceptors (Lipinski definition) is 3. The van der Waals surface area contributed by atoms with Crippen LogP contribution in [0.25, 0.3) is 10.9 Å². The highest BCUT2D eigenvalue weighted by molar-refractivity contribution is 6.30. The number of piperidine rings is 1. The first-order valence-corrected chi connectivity index (χ1v) is 10.8. The number of amides is 1. The molecule has 1 saturated heterocycles. The summed E-state index contributed by atoms with van der Waals surface area (Å²) in [6.45, 7) is 1.72. The Kier molecular flexibility index (Phi) is 4.95. The summed E-state index contributed by atoms with van der Waals surface area (Å²) in [5.41, 5.74) is 2.37. The summed E-state index contributed by atoms with van der Waals surface area (Å²) in [6.07, 6.45) is 5.49. The zero-order valence-corrected chi connectivity index (χ0v) is 17.3. The molecule has 0 bridgehead atoms. The molecule has 0 radical (unpaired) electrons. The van der Waals surface area contributed by atoms with E-state index in [1.54, 1.807) is 24.3 Å². The lowest BCUT2D eigenvalue weighted by molar-refractivity contribution is -0.123. The predicted octanol–water partition coefficient (Wildman–Crippen LogP) is 5.38. The summed E-state index contributed by atoms with van der Waals surface area (Å²) >= 11 is 5.94. The van der Waals surface area contributed by atoms with Crippen molar-refractivity contribution in [3.05, 3.63) is 71.1 Å². The van der Waals surface area contributed by atoms with Crippen LogP contribution in [-0.4, -0.2) is 34.4 Å². The van der Waals surface area contributed by atoms with E-state index < -0.39 is 5.54 Å². The zero-order chi connectivity index (χ0) is 20.7. The van der Waals surface area contributed by atoms with Gasteiger partial charge in [-0.1, -0.05) is 11.6 Å². The SMILES string of the molecule is O=C(Nc1ccc(Cl)cc1)C1(N2CCC(c3ccnc4ccc(F)cc34)CC2)CC1. The number of likely N-dealkylation sites (tertiary alicyclic amines) is 1. The average Bonchev–Trinajstić information content (AvgIpc) is 3.57. The molecule has 5 rings (SSSR count). The molecule has 4 nitrogen and oxygen atoms in total. The van der Waals surface area contributed by atoms with E-state index in [9.17, 15) is 9.18 Å². The van der Waals surface area contributed by atoms with Crippen molar-refractivity contribution in [2.75, 3.05) is 18.4 Å². The minimum Gasteiger partial charge on any atom is -0.324 e. The quantitative estimate of drug-likeness (QED) is 0.612. The van der Waals surface area contributed by atoms with Crippen LogP contribution >= 0.6 is 11.6 Å². The van der Waals surface area contributed by atoms with Gasteiger partial charge >= 0.3 is 0 Å². The molecule has 3 aromatic rings. The molecule has 154 valence electrons. The molecule has 1 amide bonds. The van der Waals surface area contributed by atoms with E-state index in [4.69, 9.17) is 11.6 Å². The third kappa shape index (κ3) is 3.57. The molecule has 2 aromatic carbocycles. The van der Waals surface area contributed by atoms with Crippen molar-refractivity contribution in [2.24, 2.45) is 0 Å². The molecule has 1 aromatic heterocycles. The number of carbonyl (C=O) groups is 1. The van der Waals surface area contributed by atoms with Crippen molar-refractivity contribution in [3.63, 3.8) is 0 Å². The molecule has 1 aliphatic heterocycles. The van der Waals surface area contributed by atoms with Crippen LogP contribution < -0.4 is 5.32 Å². The molecule has 1 saturated carbocycles. The van der Waals surface area contributed by atoms with Gasteiger partial charge in [-0.3, -0.25) is 14.7 Å². The standard InChI is InChI=1S/C24H23ClFN3O/c25-17-1-4-19(5-2-17)28-23(30)24(10-11-24)29-13-8-16(9-14-29)20-7-12-27-22-6-3-18(26)15-21(20)22/h1-7,12,15-16H,8-11,13-14H2,(H,28,30). The molecule has 0 atom stereocenters. The summed E-state index contributed by atoms with van der Waals surface area (Å²) in [5.74, 6) is 0.188. The fourth-order valence-electron chi connectivity index (χ4n) is 4.70. The van der Waals surface area contributed by atoms with Crippen molar-refractivity contribution in [1.29, 1.82) is 0 Å². The van der Waals surface area contributed by atoms with Crippen LogP contribution in [-0.2, 0) is 4.79 Å². The fourth-order valence-corrected chi connectivity index (χ4v) is 4.83. The molecule has 2 aliphatic rings. The summed E-state index contributed by atoms with van der Waals surface area (Å²) in [4.78, 5) is 19.7. The number of carbonyl (C=O) groups excluding carboxylic acids is 1. The Morgan fingerprint density at radius 1 is 1.10 bits per heavy atom. The van der Waals surface area contributed by atoms with E-state index in [0.29, 0.717) is 10.9 Å². The van der Waals surface area contributed by atoms with Gasteiger partial charge in [0.05, 0.1) is 5.52 Å². The number of nitrogens with one attached hydrogen (secondary N) is 1. The molecule has 1 N–H and O–H groups in total. The van der Waals surface area contributed by atoms with Crippen LogP contribution in [0.1, 0.15) is 37.2 Å². The number of pyridine rings is 1. The van der Waals surface area contributed by atoms with Crippen LogP contribution in [0.3, 0.4) is 0 Å². The van der Waals surface area contributed by atoms with Gasteiger partial charge in [-0.15, -0.1) is 0 Å². The minimum atomic E-state index is -0.392. The van der Waals surface area contributed by atoms with Gasteiger partial charge in [0.1, 0.15) is 11.4 Å². The summed E-state index contributed by atoms with van der Waals surface area (Å²) in [6, 6.07) is 14.0. The van der Waals surface area contributed by atoms with E-state index in [1.165, 1.54) is 6.07 Å². The van der Waals surface area contributed by atoms with Gasteiger partial charge in [0.15, 0.2) is 0 Å². The molecule has 0 unspecified atom stereocenters. The maximum absolute atomic E-state index is 13.8. The van der Waals surface area contributed by atoms with Crippen molar-refractivity contribution in [3.8, 4) is 0 Å². The maximum Gasteiger partial charge on any atom is 0.244 e. The number of rotatable bonds is 4. The predicted molar refractivity (Wildman–Crippen MR) is 117 cm³/mol. The van der Waals surface area contributed by atoms with Crippen LogP contribution in [0.15, 0.2) is 54.7 Å². The largest absolute Gasteiger partial charge is 0.324 e. The Hall–Kier alpha value is -2.50. The van der Waals surface area contributed by atoms with Crippen LogP contribution in [0.4, 0.5) is 10.1 Å². The van der Waals surface area contributed by atoms with E-state index in [2.05, 4.69) is 15.2 Å². The van der Waals surface area contributed by atoms with Crippen molar-refractivity contribution in [1.82, 2.24) is 9.88 Å². The van der Waals surface area contributed by atoms with Crippen molar-refractivity contribution >= 4 is 34.1 Å². The lowest BCUT2D eigenvalue weighted by Gasteiger charge is -2.37. The molecule has 6 heteroatoms. The normalized spacial score (nSPS) is 19.0. The minimum absolute atomic E-state index is 0.0692. The van der Waals surface area contributed by atoms with Crippen LogP contribution in [0.5, 0.6) is 0 Å². The number of nitrogens with zero attached hydrogens (tertiary/aromatic N) is 2. The number of halogens is 2. The maximum atomic E-state index is 13.8. The van der Waals surface area contributed by atoms with E-state index in [-0.39, 0.29) is 11.7 Å². The van der Waals surface area contributed by atoms with Gasteiger partial charge in [0, 0.05) is 22.3 Å². The lowest BCUT2D eigenvalue weighted by atomic mass is 9.86. The third-order valence-electron chi connectivity index (χ3n) is 6.53. The first-order valence-electron chi connectivity index (χ1n) is 10.4. The molecule has 2 heterocycles. The molecule has 0 spiro atoms. The Balaban J connectivity index is 1.28. The Morgan fingerprint density at radius 3 is 2.53 bits per heavy atom. The van der Waals surface area contributed by atoms with E-state index in [0.717, 1.165) is 60.9 Å². The van der Waals surface area contributed by atoms with Crippen LogP contribution in [0, 0.1) is 5.82 Å². The second kappa shape index (κ2) is 7.64. The Labute approximate surface area is 180 Å². The van der Waals surface area contributed by atoms with Gasteiger partial charge in [-0.2, -0.15) is 0 Å². The molecular formula is C24H23ClFN3O. The Bertz CT molecular complexity index is 1090.